The number of hydrogen-bond acceptors (Lipinski definition) is 3. The third-order valence-corrected chi connectivity index (χ3v) is 2.81. The minimum Gasteiger partial charge on any atom is -0.316 e. The summed E-state index contributed by atoms with van der Waals surface area (Å²) in [6, 6.07) is 11.0. The van der Waals surface area contributed by atoms with Gasteiger partial charge in [-0.05, 0) is 18.1 Å². The predicted molar refractivity (Wildman–Crippen MR) is 67.6 cm³/mol. The van der Waals surface area contributed by atoms with Gasteiger partial charge in [0.15, 0.2) is 0 Å². The van der Waals surface area contributed by atoms with Crippen molar-refractivity contribution < 1.29 is 4.79 Å². The molecule has 1 amide bonds. The van der Waals surface area contributed by atoms with Crippen molar-refractivity contribution in [2.75, 3.05) is 13.1 Å². The summed E-state index contributed by atoms with van der Waals surface area (Å²) in [7, 11) is 0. The molecular weight excluding hydrogens is 250 g/mol. The number of carbonyl (C=O) groups excluding carboxylic acids is 1. The van der Waals surface area contributed by atoms with Gasteiger partial charge in [0.25, 0.3) is 0 Å². The number of carbonyl (C=O) groups is 1. The summed E-state index contributed by atoms with van der Waals surface area (Å²) >= 11 is 5.98. The van der Waals surface area contributed by atoms with Crippen molar-refractivity contribution in [3.8, 4) is 12.1 Å². The lowest BCUT2D eigenvalue weighted by molar-refractivity contribution is -0.130. The van der Waals surface area contributed by atoms with Crippen molar-refractivity contribution in [2.45, 2.75) is 12.8 Å². The molecule has 0 fully saturated rings. The zero-order chi connectivity index (χ0) is 13.4. The maximum absolute atomic E-state index is 11.8. The van der Waals surface area contributed by atoms with Crippen LogP contribution in [-0.2, 0) is 11.2 Å². The van der Waals surface area contributed by atoms with E-state index in [1.807, 2.05) is 30.3 Å². The van der Waals surface area contributed by atoms with E-state index in [0.717, 1.165) is 5.56 Å². The van der Waals surface area contributed by atoms with Gasteiger partial charge in [-0.15, -0.1) is 0 Å². The number of hydrogen-bond donors (Lipinski definition) is 0. The SMILES string of the molecule is N#CCN(CC#N)C(=O)CCc1ccccc1Cl. The fourth-order valence-electron chi connectivity index (χ4n) is 1.50. The molecule has 1 rings (SSSR count). The molecule has 1 aromatic rings. The third kappa shape index (κ3) is 4.08. The summed E-state index contributed by atoms with van der Waals surface area (Å²) in [6.07, 6.45) is 0.749. The van der Waals surface area contributed by atoms with E-state index in [0.29, 0.717) is 11.4 Å². The molecular formula is C13H12ClN3O. The van der Waals surface area contributed by atoms with E-state index < -0.39 is 0 Å². The molecule has 0 aliphatic carbocycles. The zero-order valence-corrected chi connectivity index (χ0v) is 10.5. The van der Waals surface area contributed by atoms with E-state index in [9.17, 15) is 4.79 Å². The normalized spacial score (nSPS) is 9.28. The average Bonchev–Trinajstić information content (AvgIpc) is 2.37. The molecule has 0 aliphatic heterocycles. The highest BCUT2D eigenvalue weighted by atomic mass is 35.5. The van der Waals surface area contributed by atoms with Gasteiger partial charge in [0, 0.05) is 11.4 Å². The summed E-state index contributed by atoms with van der Waals surface area (Å²) in [5.74, 6) is -0.210. The van der Waals surface area contributed by atoms with Gasteiger partial charge in [0.2, 0.25) is 5.91 Å². The lowest BCUT2D eigenvalue weighted by atomic mass is 10.1. The van der Waals surface area contributed by atoms with Crippen LogP contribution in [0.25, 0.3) is 0 Å². The van der Waals surface area contributed by atoms with Crippen LogP contribution in [-0.4, -0.2) is 23.9 Å². The fourth-order valence-corrected chi connectivity index (χ4v) is 1.73. The molecule has 4 nitrogen and oxygen atoms in total. The summed E-state index contributed by atoms with van der Waals surface area (Å²) < 4.78 is 0. The Morgan fingerprint density at radius 3 is 2.39 bits per heavy atom. The van der Waals surface area contributed by atoms with Gasteiger partial charge in [-0.1, -0.05) is 29.8 Å². The summed E-state index contributed by atoms with van der Waals surface area (Å²) in [6.45, 7) is -0.121. The largest absolute Gasteiger partial charge is 0.316 e. The highest BCUT2D eigenvalue weighted by molar-refractivity contribution is 6.31. The predicted octanol–water partition coefficient (Wildman–Crippen LogP) is 2.15. The minimum absolute atomic E-state index is 0.0606. The van der Waals surface area contributed by atoms with Crippen LogP contribution in [0, 0.1) is 22.7 Å². The first-order valence-corrected chi connectivity index (χ1v) is 5.82. The van der Waals surface area contributed by atoms with Gasteiger partial charge in [0.1, 0.15) is 13.1 Å². The van der Waals surface area contributed by atoms with Crippen LogP contribution < -0.4 is 0 Å². The standard InChI is InChI=1S/C13H12ClN3O/c14-12-4-2-1-3-11(12)5-6-13(18)17(9-7-15)10-8-16/h1-4H,5-6,9-10H2. The summed E-state index contributed by atoms with van der Waals surface area (Å²) in [5.41, 5.74) is 0.890. The maximum Gasteiger partial charge on any atom is 0.224 e. The summed E-state index contributed by atoms with van der Waals surface area (Å²) in [5, 5.41) is 17.8. The van der Waals surface area contributed by atoms with Gasteiger partial charge in [-0.2, -0.15) is 10.5 Å². The van der Waals surface area contributed by atoms with Crippen molar-refractivity contribution in [1.82, 2.24) is 4.90 Å². The van der Waals surface area contributed by atoms with Gasteiger partial charge >= 0.3 is 0 Å². The van der Waals surface area contributed by atoms with E-state index in [1.54, 1.807) is 6.07 Å². The molecule has 0 aliphatic rings. The van der Waals surface area contributed by atoms with E-state index in [2.05, 4.69) is 0 Å². The van der Waals surface area contributed by atoms with Crippen molar-refractivity contribution in [3.63, 3.8) is 0 Å². The highest BCUT2D eigenvalue weighted by Crippen LogP contribution is 2.16. The Balaban J connectivity index is 2.58. The number of halogens is 1. The van der Waals surface area contributed by atoms with E-state index in [1.165, 1.54) is 4.90 Å². The van der Waals surface area contributed by atoms with E-state index in [4.69, 9.17) is 22.1 Å². The monoisotopic (exact) mass is 261 g/mol. The second kappa shape index (κ2) is 7.32. The van der Waals surface area contributed by atoms with Crippen LogP contribution in [0.1, 0.15) is 12.0 Å². The molecule has 0 saturated carbocycles. The van der Waals surface area contributed by atoms with Gasteiger partial charge in [-0.25, -0.2) is 0 Å². The molecule has 0 aromatic heterocycles. The van der Waals surface area contributed by atoms with Crippen LogP contribution in [0.3, 0.4) is 0 Å². The van der Waals surface area contributed by atoms with Crippen LogP contribution in [0.2, 0.25) is 5.02 Å². The molecule has 0 spiro atoms. The van der Waals surface area contributed by atoms with Crippen molar-refractivity contribution in [3.05, 3.63) is 34.9 Å². The maximum atomic E-state index is 11.8. The van der Waals surface area contributed by atoms with Crippen LogP contribution in [0.4, 0.5) is 0 Å². The first-order valence-electron chi connectivity index (χ1n) is 5.44. The molecule has 0 heterocycles. The molecule has 18 heavy (non-hydrogen) atoms. The first-order chi connectivity index (χ1) is 8.69. The van der Waals surface area contributed by atoms with Crippen molar-refractivity contribution >= 4 is 17.5 Å². The minimum atomic E-state index is -0.210. The fraction of sp³-hybridized carbons (Fsp3) is 0.308. The van der Waals surface area contributed by atoms with Crippen molar-refractivity contribution in [2.24, 2.45) is 0 Å². The van der Waals surface area contributed by atoms with Gasteiger partial charge in [0.05, 0.1) is 12.1 Å². The second-order valence-electron chi connectivity index (χ2n) is 3.66. The number of nitrogens with zero attached hydrogens (tertiary/aromatic N) is 3. The number of rotatable bonds is 5. The molecule has 0 unspecified atom stereocenters. The van der Waals surface area contributed by atoms with Gasteiger partial charge in [-0.3, -0.25) is 4.79 Å². The Labute approximate surface area is 111 Å². The van der Waals surface area contributed by atoms with Crippen molar-refractivity contribution in [1.29, 1.82) is 10.5 Å². The van der Waals surface area contributed by atoms with Crippen LogP contribution >= 0.6 is 11.6 Å². The number of benzene rings is 1. The molecule has 0 bridgehead atoms. The number of nitriles is 2. The second-order valence-corrected chi connectivity index (χ2v) is 4.06. The molecule has 0 saturated heterocycles. The van der Waals surface area contributed by atoms with Crippen LogP contribution in [0.5, 0.6) is 0 Å². The quantitative estimate of drug-likeness (QED) is 0.763. The smallest absolute Gasteiger partial charge is 0.224 e. The highest BCUT2D eigenvalue weighted by Gasteiger charge is 2.13. The Kier molecular flexibility index (Phi) is 5.70. The van der Waals surface area contributed by atoms with Gasteiger partial charge < -0.3 is 4.90 Å². The molecule has 0 N–H and O–H groups in total. The molecule has 5 heteroatoms. The lowest BCUT2D eigenvalue weighted by Gasteiger charge is -2.15. The molecule has 0 radical (unpaired) electrons. The Morgan fingerprint density at radius 2 is 1.83 bits per heavy atom. The average molecular weight is 262 g/mol. The number of aryl methyl sites for hydroxylation is 1. The van der Waals surface area contributed by atoms with E-state index >= 15 is 0 Å². The number of amides is 1. The Morgan fingerprint density at radius 1 is 1.22 bits per heavy atom. The molecule has 92 valence electrons. The lowest BCUT2D eigenvalue weighted by Crippen LogP contribution is -2.31. The zero-order valence-electron chi connectivity index (χ0n) is 9.77. The molecule has 1 aromatic carbocycles. The third-order valence-electron chi connectivity index (χ3n) is 2.44. The molecule has 0 atom stereocenters. The Hall–Kier alpha value is -2.04. The summed E-state index contributed by atoms with van der Waals surface area (Å²) in [4.78, 5) is 13.0. The van der Waals surface area contributed by atoms with E-state index in [-0.39, 0.29) is 25.4 Å². The first kappa shape index (κ1) is 14.0. The Bertz CT molecular complexity index is 486. The van der Waals surface area contributed by atoms with Crippen LogP contribution in [0.15, 0.2) is 24.3 Å². The topological polar surface area (TPSA) is 67.9 Å².